The Morgan fingerprint density at radius 1 is 1.07 bits per heavy atom. The van der Waals surface area contributed by atoms with Gasteiger partial charge in [0.05, 0.1) is 15.6 Å². The van der Waals surface area contributed by atoms with E-state index in [0.29, 0.717) is 12.1 Å². The van der Waals surface area contributed by atoms with Crippen molar-refractivity contribution in [2.45, 2.75) is 37.5 Å². The lowest BCUT2D eigenvalue weighted by Gasteiger charge is -2.26. The first-order chi connectivity index (χ1) is 14.3. The third-order valence-electron chi connectivity index (χ3n) is 5.19. The Balaban J connectivity index is 1.55. The molecule has 2 aromatic carbocycles. The Hall–Kier alpha value is -2.09. The number of amides is 1. The van der Waals surface area contributed by atoms with Crippen LogP contribution in [0.25, 0.3) is 0 Å². The number of hydrogen-bond acceptors (Lipinski definition) is 4. The number of carbonyl (C=O) groups is 1. The van der Waals surface area contributed by atoms with Gasteiger partial charge in [-0.2, -0.15) is 0 Å². The fraction of sp³-hybridized carbons (Fsp3) is 0.409. The molecule has 8 heteroatoms. The molecule has 1 saturated heterocycles. The molecule has 0 bridgehead atoms. The summed E-state index contributed by atoms with van der Waals surface area (Å²) < 4.78 is 27.6. The minimum Gasteiger partial charge on any atom is -0.352 e. The van der Waals surface area contributed by atoms with E-state index in [4.69, 9.17) is 11.6 Å². The summed E-state index contributed by atoms with van der Waals surface area (Å²) in [5.74, 6) is -0.219. The van der Waals surface area contributed by atoms with Gasteiger partial charge in [-0.25, -0.2) is 8.42 Å². The number of halogens is 1. The van der Waals surface area contributed by atoms with E-state index >= 15 is 0 Å². The Bertz CT molecular complexity index is 972. The molecule has 3 rings (SSSR count). The summed E-state index contributed by atoms with van der Waals surface area (Å²) in [7, 11) is -3.75. The van der Waals surface area contributed by atoms with Crippen LogP contribution in [0.15, 0.2) is 47.4 Å². The summed E-state index contributed by atoms with van der Waals surface area (Å²) in [6.07, 6.45) is 4.72. The molecule has 0 atom stereocenters. The number of anilines is 1. The molecular formula is C22H28ClN3O3S. The number of benzene rings is 2. The predicted molar refractivity (Wildman–Crippen MR) is 121 cm³/mol. The van der Waals surface area contributed by atoms with E-state index in [0.717, 1.165) is 31.6 Å². The van der Waals surface area contributed by atoms with Crippen molar-refractivity contribution in [3.05, 3.63) is 58.6 Å². The molecule has 1 aliphatic rings. The lowest BCUT2D eigenvalue weighted by Crippen LogP contribution is -2.33. The van der Waals surface area contributed by atoms with Crippen molar-refractivity contribution in [2.75, 3.05) is 30.9 Å². The maximum Gasteiger partial charge on any atom is 0.261 e. The number of likely N-dealkylation sites (tertiary alicyclic amines) is 1. The van der Waals surface area contributed by atoms with Crippen LogP contribution in [0.4, 0.5) is 5.69 Å². The number of nitrogens with one attached hydrogen (secondary N) is 2. The first-order valence-electron chi connectivity index (χ1n) is 10.2. The fourth-order valence-corrected chi connectivity index (χ4v) is 4.81. The van der Waals surface area contributed by atoms with E-state index < -0.39 is 10.0 Å². The summed E-state index contributed by atoms with van der Waals surface area (Å²) in [5.41, 5.74) is 1.61. The zero-order valence-electron chi connectivity index (χ0n) is 17.2. The van der Waals surface area contributed by atoms with Crippen LogP contribution in [0, 0.1) is 6.92 Å². The van der Waals surface area contributed by atoms with E-state index in [-0.39, 0.29) is 21.5 Å². The molecule has 1 amide bonds. The highest BCUT2D eigenvalue weighted by Gasteiger charge is 2.17. The van der Waals surface area contributed by atoms with Gasteiger partial charge in [0.1, 0.15) is 0 Å². The van der Waals surface area contributed by atoms with Crippen LogP contribution in [-0.2, 0) is 10.0 Å². The topological polar surface area (TPSA) is 78.5 Å². The van der Waals surface area contributed by atoms with Gasteiger partial charge in [-0.1, -0.05) is 35.7 Å². The molecule has 0 saturated carbocycles. The second-order valence-corrected chi connectivity index (χ2v) is 9.71. The van der Waals surface area contributed by atoms with E-state index in [2.05, 4.69) is 14.9 Å². The largest absolute Gasteiger partial charge is 0.352 e. The van der Waals surface area contributed by atoms with Crippen molar-refractivity contribution in [3.63, 3.8) is 0 Å². The van der Waals surface area contributed by atoms with Crippen molar-refractivity contribution < 1.29 is 13.2 Å². The van der Waals surface area contributed by atoms with Crippen molar-refractivity contribution in [1.29, 1.82) is 0 Å². The summed E-state index contributed by atoms with van der Waals surface area (Å²) in [4.78, 5) is 15.0. The maximum absolute atomic E-state index is 12.5. The highest BCUT2D eigenvalue weighted by molar-refractivity contribution is 7.92. The summed E-state index contributed by atoms with van der Waals surface area (Å²) in [6, 6.07) is 11.1. The van der Waals surface area contributed by atoms with Gasteiger partial charge in [0, 0.05) is 12.1 Å². The average Bonchev–Trinajstić information content (AvgIpc) is 2.73. The number of rotatable bonds is 8. The molecule has 1 aliphatic heterocycles. The summed E-state index contributed by atoms with van der Waals surface area (Å²) in [5, 5.41) is 3.07. The van der Waals surface area contributed by atoms with Crippen molar-refractivity contribution >= 4 is 33.2 Å². The Morgan fingerprint density at radius 2 is 1.77 bits per heavy atom. The smallest absolute Gasteiger partial charge is 0.261 e. The quantitative estimate of drug-likeness (QED) is 0.596. The van der Waals surface area contributed by atoms with Gasteiger partial charge in [-0.15, -0.1) is 0 Å². The lowest BCUT2D eigenvalue weighted by molar-refractivity contribution is 0.0951. The normalized spacial score (nSPS) is 15.0. The van der Waals surface area contributed by atoms with Crippen molar-refractivity contribution in [1.82, 2.24) is 10.2 Å². The first-order valence-corrected chi connectivity index (χ1v) is 12.1. The molecule has 0 aliphatic carbocycles. The van der Waals surface area contributed by atoms with Gasteiger partial charge in [0.15, 0.2) is 0 Å². The molecule has 0 radical (unpaired) electrons. The van der Waals surface area contributed by atoms with E-state index in [9.17, 15) is 13.2 Å². The standard InChI is InChI=1S/C22H28ClN3O3S/c1-17-6-9-19(10-7-17)30(28,29)25-21-11-8-18(16-20(21)23)22(27)24-12-5-15-26-13-3-2-4-14-26/h6-11,16,25H,2-5,12-15H2,1H3,(H,24,27). The summed E-state index contributed by atoms with van der Waals surface area (Å²) >= 11 is 6.24. The second-order valence-electron chi connectivity index (χ2n) is 7.62. The van der Waals surface area contributed by atoms with Gasteiger partial charge in [0.25, 0.3) is 15.9 Å². The van der Waals surface area contributed by atoms with Crippen LogP contribution < -0.4 is 10.0 Å². The number of carbonyl (C=O) groups excluding carboxylic acids is 1. The molecule has 30 heavy (non-hydrogen) atoms. The molecule has 1 fully saturated rings. The molecular weight excluding hydrogens is 422 g/mol. The van der Waals surface area contributed by atoms with E-state index in [1.807, 2.05) is 6.92 Å². The lowest BCUT2D eigenvalue weighted by atomic mass is 10.1. The first kappa shape index (κ1) is 22.6. The third kappa shape index (κ3) is 6.20. The van der Waals surface area contributed by atoms with Crippen LogP contribution in [-0.4, -0.2) is 45.4 Å². The van der Waals surface area contributed by atoms with Crippen LogP contribution >= 0.6 is 11.6 Å². The van der Waals surface area contributed by atoms with Crippen LogP contribution in [0.3, 0.4) is 0 Å². The number of sulfonamides is 1. The predicted octanol–water partition coefficient (Wildman–Crippen LogP) is 4.06. The van der Waals surface area contributed by atoms with Gasteiger partial charge in [-0.3, -0.25) is 9.52 Å². The highest BCUT2D eigenvalue weighted by Crippen LogP contribution is 2.26. The van der Waals surface area contributed by atoms with Crippen LogP contribution in [0.2, 0.25) is 5.02 Å². The summed E-state index contributed by atoms with van der Waals surface area (Å²) in [6.45, 7) is 5.75. The van der Waals surface area contributed by atoms with Gasteiger partial charge >= 0.3 is 0 Å². The van der Waals surface area contributed by atoms with Crippen LogP contribution in [0.5, 0.6) is 0 Å². The molecule has 0 unspecified atom stereocenters. The number of nitrogens with zero attached hydrogens (tertiary/aromatic N) is 1. The average molecular weight is 450 g/mol. The van der Waals surface area contributed by atoms with Crippen molar-refractivity contribution in [3.8, 4) is 0 Å². The van der Waals surface area contributed by atoms with Gasteiger partial charge in [-0.05, 0) is 76.2 Å². The third-order valence-corrected chi connectivity index (χ3v) is 6.89. The van der Waals surface area contributed by atoms with Crippen molar-refractivity contribution in [2.24, 2.45) is 0 Å². The Labute approximate surface area is 183 Å². The highest BCUT2D eigenvalue weighted by atomic mass is 35.5. The Kier molecular flexibility index (Phi) is 7.75. The fourth-order valence-electron chi connectivity index (χ4n) is 3.45. The zero-order chi connectivity index (χ0) is 21.6. The number of aryl methyl sites for hydroxylation is 1. The molecule has 0 spiro atoms. The second kappa shape index (κ2) is 10.3. The number of hydrogen-bond donors (Lipinski definition) is 2. The SMILES string of the molecule is Cc1ccc(S(=O)(=O)Nc2ccc(C(=O)NCCCN3CCCCC3)cc2Cl)cc1. The molecule has 2 N–H and O–H groups in total. The minimum absolute atomic E-state index is 0.152. The maximum atomic E-state index is 12.5. The monoisotopic (exact) mass is 449 g/mol. The van der Waals surface area contributed by atoms with Gasteiger partial charge < -0.3 is 10.2 Å². The van der Waals surface area contributed by atoms with E-state index in [1.165, 1.54) is 43.5 Å². The minimum atomic E-state index is -3.75. The molecule has 1 heterocycles. The zero-order valence-corrected chi connectivity index (χ0v) is 18.7. The molecule has 6 nitrogen and oxygen atoms in total. The molecule has 2 aromatic rings. The Morgan fingerprint density at radius 3 is 2.43 bits per heavy atom. The molecule has 0 aromatic heterocycles. The van der Waals surface area contributed by atoms with Gasteiger partial charge in [0.2, 0.25) is 0 Å². The van der Waals surface area contributed by atoms with E-state index in [1.54, 1.807) is 18.2 Å². The van der Waals surface area contributed by atoms with Crippen LogP contribution in [0.1, 0.15) is 41.6 Å². The molecule has 162 valence electrons. The number of piperidine rings is 1.